The van der Waals surface area contributed by atoms with Gasteiger partial charge < -0.3 is 15.8 Å². The highest BCUT2D eigenvalue weighted by atomic mass is 32.2. The number of hydrogen-bond acceptors (Lipinski definition) is 7. The summed E-state index contributed by atoms with van der Waals surface area (Å²) in [4.78, 5) is 12.3. The third kappa shape index (κ3) is 4.60. The van der Waals surface area contributed by atoms with E-state index in [1.807, 2.05) is 31.2 Å². The summed E-state index contributed by atoms with van der Waals surface area (Å²) < 4.78 is 5.82. The van der Waals surface area contributed by atoms with E-state index in [2.05, 4.69) is 15.5 Å². The lowest BCUT2D eigenvalue weighted by Crippen LogP contribution is -2.31. The van der Waals surface area contributed by atoms with Gasteiger partial charge in [0, 0.05) is 6.54 Å². The molecule has 1 atom stereocenters. The molecule has 8 heteroatoms. The highest BCUT2D eigenvalue weighted by molar-refractivity contribution is 8.02. The number of aromatic nitrogens is 2. The number of amides is 1. The van der Waals surface area contributed by atoms with Gasteiger partial charge >= 0.3 is 0 Å². The van der Waals surface area contributed by atoms with Crippen LogP contribution in [0.25, 0.3) is 0 Å². The number of carbonyl (C=O) groups is 1. The van der Waals surface area contributed by atoms with Crippen molar-refractivity contribution in [3.05, 3.63) is 29.8 Å². The fourth-order valence-electron chi connectivity index (χ4n) is 1.76. The Labute approximate surface area is 137 Å². The Bertz CT molecular complexity index is 616. The van der Waals surface area contributed by atoms with Crippen molar-refractivity contribution in [2.75, 3.05) is 12.8 Å². The minimum atomic E-state index is -0.203. The van der Waals surface area contributed by atoms with Gasteiger partial charge in [0.25, 0.3) is 0 Å². The van der Waals surface area contributed by atoms with Crippen LogP contribution in [0.15, 0.2) is 28.6 Å². The second-order valence-corrected chi connectivity index (χ2v) is 6.95. The number of carbonyl (C=O) groups excluding carboxylic acids is 1. The normalized spacial score (nSPS) is 11.9. The van der Waals surface area contributed by atoms with Crippen molar-refractivity contribution in [1.29, 1.82) is 0 Å². The van der Waals surface area contributed by atoms with Crippen molar-refractivity contribution in [3.8, 4) is 5.75 Å². The molecule has 0 saturated carbocycles. The maximum atomic E-state index is 12.3. The Balaban J connectivity index is 1.88. The summed E-state index contributed by atoms with van der Waals surface area (Å²) in [5.74, 6) is 0.781. The van der Waals surface area contributed by atoms with Crippen LogP contribution >= 0.6 is 23.1 Å². The Kier molecular flexibility index (Phi) is 6.02. The molecule has 2 aromatic rings. The van der Waals surface area contributed by atoms with E-state index in [-0.39, 0.29) is 11.2 Å². The molecule has 0 fully saturated rings. The first-order valence-corrected chi connectivity index (χ1v) is 8.48. The van der Waals surface area contributed by atoms with Crippen LogP contribution in [-0.2, 0) is 11.3 Å². The van der Waals surface area contributed by atoms with E-state index in [0.717, 1.165) is 11.3 Å². The number of hydrogen-bond donors (Lipinski definition) is 2. The van der Waals surface area contributed by atoms with Crippen molar-refractivity contribution in [3.63, 3.8) is 0 Å². The molecule has 0 spiro atoms. The predicted molar refractivity (Wildman–Crippen MR) is 89.1 cm³/mol. The van der Waals surface area contributed by atoms with E-state index in [1.54, 1.807) is 7.11 Å². The number of thioether (sulfide) groups is 1. The first kappa shape index (κ1) is 16.6. The lowest BCUT2D eigenvalue weighted by molar-refractivity contribution is -0.120. The van der Waals surface area contributed by atoms with Crippen molar-refractivity contribution in [2.45, 2.75) is 29.5 Å². The number of methoxy groups -OCH3 is 1. The lowest BCUT2D eigenvalue weighted by atomic mass is 10.2. The highest BCUT2D eigenvalue weighted by Crippen LogP contribution is 2.29. The maximum absolute atomic E-state index is 12.3. The Morgan fingerprint density at radius 3 is 2.68 bits per heavy atom. The van der Waals surface area contributed by atoms with Gasteiger partial charge in [-0.1, -0.05) is 42.2 Å². The van der Waals surface area contributed by atoms with Gasteiger partial charge in [-0.25, -0.2) is 0 Å². The number of nitrogens with zero attached hydrogens (tertiary/aromatic N) is 2. The molecule has 1 unspecified atom stereocenters. The fraction of sp³-hybridized carbons (Fsp3) is 0.357. The molecule has 0 aliphatic rings. The quantitative estimate of drug-likeness (QED) is 0.753. The van der Waals surface area contributed by atoms with Crippen molar-refractivity contribution < 1.29 is 9.53 Å². The highest BCUT2D eigenvalue weighted by Gasteiger charge is 2.19. The van der Waals surface area contributed by atoms with Gasteiger partial charge in [-0.2, -0.15) is 0 Å². The Morgan fingerprint density at radius 1 is 1.41 bits per heavy atom. The van der Waals surface area contributed by atoms with Gasteiger partial charge in [-0.15, -0.1) is 10.2 Å². The molecule has 0 bridgehead atoms. The molecule has 0 aliphatic carbocycles. The summed E-state index contributed by atoms with van der Waals surface area (Å²) in [6.07, 6.45) is 0.707. The van der Waals surface area contributed by atoms with Crippen LogP contribution in [0.1, 0.15) is 18.9 Å². The van der Waals surface area contributed by atoms with Crippen LogP contribution in [0, 0.1) is 0 Å². The standard InChI is InChI=1S/C14H18N4O2S2/c1-3-11(21-14-18-17-13(15)22-14)12(19)16-8-9-4-6-10(20-2)7-5-9/h4-7,11H,3,8H2,1-2H3,(H2,15,17)(H,16,19). The second kappa shape index (κ2) is 8.00. The number of nitrogens with one attached hydrogen (secondary N) is 1. The fourth-order valence-corrected chi connectivity index (χ4v) is 3.59. The first-order chi connectivity index (χ1) is 10.6. The van der Waals surface area contributed by atoms with Crippen LogP contribution in [0.3, 0.4) is 0 Å². The van der Waals surface area contributed by atoms with E-state index in [4.69, 9.17) is 10.5 Å². The third-order valence-electron chi connectivity index (χ3n) is 2.95. The molecule has 0 aliphatic heterocycles. The molecule has 22 heavy (non-hydrogen) atoms. The average Bonchev–Trinajstić information content (AvgIpc) is 2.96. The molecular formula is C14H18N4O2S2. The number of anilines is 1. The van der Waals surface area contributed by atoms with Crippen LogP contribution in [-0.4, -0.2) is 28.5 Å². The summed E-state index contributed by atoms with van der Waals surface area (Å²) in [7, 11) is 1.63. The average molecular weight is 338 g/mol. The predicted octanol–water partition coefficient (Wildman–Crippen LogP) is 2.32. The Morgan fingerprint density at radius 2 is 2.14 bits per heavy atom. The van der Waals surface area contributed by atoms with Crippen LogP contribution in [0.5, 0.6) is 5.75 Å². The van der Waals surface area contributed by atoms with E-state index in [1.165, 1.54) is 23.1 Å². The van der Waals surface area contributed by atoms with Gasteiger partial charge in [0.1, 0.15) is 5.75 Å². The topological polar surface area (TPSA) is 90.1 Å². The van der Waals surface area contributed by atoms with E-state index < -0.39 is 0 Å². The molecule has 0 radical (unpaired) electrons. The van der Waals surface area contributed by atoms with Crippen molar-refractivity contribution in [2.24, 2.45) is 0 Å². The van der Waals surface area contributed by atoms with E-state index >= 15 is 0 Å². The second-order valence-electron chi connectivity index (χ2n) is 4.49. The molecular weight excluding hydrogens is 320 g/mol. The minimum Gasteiger partial charge on any atom is -0.497 e. The summed E-state index contributed by atoms with van der Waals surface area (Å²) >= 11 is 2.68. The zero-order valence-electron chi connectivity index (χ0n) is 12.4. The van der Waals surface area contributed by atoms with Gasteiger partial charge in [0.15, 0.2) is 4.34 Å². The van der Waals surface area contributed by atoms with Gasteiger partial charge in [-0.3, -0.25) is 4.79 Å². The van der Waals surface area contributed by atoms with Gasteiger partial charge in [0.2, 0.25) is 11.0 Å². The monoisotopic (exact) mass is 338 g/mol. The number of nitrogens with two attached hydrogens (primary N) is 1. The maximum Gasteiger partial charge on any atom is 0.233 e. The number of ether oxygens (including phenoxy) is 1. The first-order valence-electron chi connectivity index (χ1n) is 6.78. The summed E-state index contributed by atoms with van der Waals surface area (Å²) in [5.41, 5.74) is 6.57. The zero-order valence-corrected chi connectivity index (χ0v) is 14.0. The Hall–Kier alpha value is -1.80. The number of nitrogen functional groups attached to an aromatic ring is 1. The molecule has 1 heterocycles. The molecule has 1 aromatic carbocycles. The van der Waals surface area contributed by atoms with Crippen LogP contribution < -0.4 is 15.8 Å². The molecule has 6 nitrogen and oxygen atoms in total. The molecule has 1 aromatic heterocycles. The molecule has 1 amide bonds. The summed E-state index contributed by atoms with van der Waals surface area (Å²) in [5, 5.41) is 10.8. The third-order valence-corrected chi connectivity index (χ3v) is 5.16. The summed E-state index contributed by atoms with van der Waals surface area (Å²) in [6, 6.07) is 7.60. The van der Waals surface area contributed by atoms with E-state index in [0.29, 0.717) is 22.4 Å². The SMILES string of the molecule is CCC(Sc1nnc(N)s1)C(=O)NCc1ccc(OC)cc1. The van der Waals surface area contributed by atoms with Crippen LogP contribution in [0.2, 0.25) is 0 Å². The van der Waals surface area contributed by atoms with Gasteiger partial charge in [-0.05, 0) is 24.1 Å². The minimum absolute atomic E-state index is 0.0166. The molecule has 2 rings (SSSR count). The molecule has 0 saturated heterocycles. The molecule has 3 N–H and O–H groups in total. The van der Waals surface area contributed by atoms with Crippen LogP contribution in [0.4, 0.5) is 5.13 Å². The number of rotatable bonds is 7. The largest absolute Gasteiger partial charge is 0.497 e. The van der Waals surface area contributed by atoms with Crippen molar-refractivity contribution in [1.82, 2.24) is 15.5 Å². The molecule has 118 valence electrons. The van der Waals surface area contributed by atoms with E-state index in [9.17, 15) is 4.79 Å². The summed E-state index contributed by atoms with van der Waals surface area (Å²) in [6.45, 7) is 2.45. The smallest absolute Gasteiger partial charge is 0.233 e. The lowest BCUT2D eigenvalue weighted by Gasteiger charge is -2.13. The van der Waals surface area contributed by atoms with Gasteiger partial charge in [0.05, 0.1) is 12.4 Å². The zero-order chi connectivity index (χ0) is 15.9. The number of benzene rings is 1. The van der Waals surface area contributed by atoms with Crippen molar-refractivity contribution >= 4 is 34.1 Å².